The number of pyridine rings is 1. The van der Waals surface area contributed by atoms with Crippen LogP contribution in [0.1, 0.15) is 68.8 Å². The summed E-state index contributed by atoms with van der Waals surface area (Å²) in [6, 6.07) is 11.0. The number of unbranched alkanes of at least 4 members (excludes halogenated alkanes) is 2. The minimum absolute atomic E-state index is 0.435. The summed E-state index contributed by atoms with van der Waals surface area (Å²) in [5.74, 6) is 0.615. The summed E-state index contributed by atoms with van der Waals surface area (Å²) in [6.07, 6.45) is 8.02. The third kappa shape index (κ3) is 9.34. The standard InChI is InChI=1S/C21H19ClN4O2S.C9H21N/c1-11-8-18-15(10-14(11)20(23)27)19(6-7-24-18)28-13-4-5-17(16(22)9-13)26-21(29)25-12-2-3-12;1-4-7-8-9-10(5-2)6-3/h4-10,12H,2-3H2,1H3,(H2,23,27)(H2,25,26,29);4-9H2,1-3H3. The quantitative estimate of drug-likeness (QED) is 0.168. The second-order valence-corrected chi connectivity index (χ2v) is 10.5. The van der Waals surface area contributed by atoms with Gasteiger partial charge in [0.1, 0.15) is 11.5 Å². The second kappa shape index (κ2) is 15.0. The molecule has 39 heavy (non-hydrogen) atoms. The van der Waals surface area contributed by atoms with Crippen LogP contribution in [0.4, 0.5) is 5.69 Å². The molecule has 0 saturated heterocycles. The lowest BCUT2D eigenvalue weighted by Crippen LogP contribution is -2.30. The number of nitrogens with zero attached hydrogens (tertiary/aromatic N) is 2. The molecule has 4 rings (SSSR count). The van der Waals surface area contributed by atoms with Gasteiger partial charge in [-0.2, -0.15) is 0 Å². The summed E-state index contributed by atoms with van der Waals surface area (Å²) < 4.78 is 6.03. The zero-order valence-corrected chi connectivity index (χ0v) is 24.9. The van der Waals surface area contributed by atoms with Crippen molar-refractivity contribution in [3.05, 3.63) is 58.7 Å². The summed E-state index contributed by atoms with van der Waals surface area (Å²) in [4.78, 5) is 18.5. The molecule has 0 radical (unpaired) electrons. The van der Waals surface area contributed by atoms with Crippen LogP contribution in [0.25, 0.3) is 10.9 Å². The number of anilines is 1. The van der Waals surface area contributed by atoms with Gasteiger partial charge in [-0.3, -0.25) is 9.78 Å². The summed E-state index contributed by atoms with van der Waals surface area (Å²) >= 11 is 11.7. The van der Waals surface area contributed by atoms with Crippen molar-refractivity contribution < 1.29 is 9.53 Å². The number of aromatic nitrogens is 1. The average molecular weight is 570 g/mol. The highest BCUT2D eigenvalue weighted by Gasteiger charge is 2.22. The van der Waals surface area contributed by atoms with Crippen LogP contribution in [-0.4, -0.2) is 46.6 Å². The van der Waals surface area contributed by atoms with Gasteiger partial charge in [-0.05, 0) is 93.9 Å². The van der Waals surface area contributed by atoms with E-state index in [0.29, 0.717) is 49.8 Å². The number of hydrogen-bond acceptors (Lipinski definition) is 5. The molecule has 4 N–H and O–H groups in total. The van der Waals surface area contributed by atoms with Gasteiger partial charge in [0.05, 0.1) is 16.2 Å². The maximum absolute atomic E-state index is 11.7. The molecule has 1 aliphatic carbocycles. The molecule has 3 aromatic rings. The van der Waals surface area contributed by atoms with Crippen molar-refractivity contribution in [3.8, 4) is 11.5 Å². The number of hydrogen-bond donors (Lipinski definition) is 3. The highest BCUT2D eigenvalue weighted by atomic mass is 35.5. The number of carbonyl (C=O) groups is 1. The molecule has 2 aromatic carbocycles. The van der Waals surface area contributed by atoms with Crippen molar-refractivity contribution >= 4 is 51.4 Å². The SMILES string of the molecule is CCCCCN(CC)CC.Cc1cc2nccc(Oc3ccc(NC(=S)NC4CC4)c(Cl)c3)c2cc1C(N)=O. The van der Waals surface area contributed by atoms with Crippen molar-refractivity contribution in [2.24, 2.45) is 5.73 Å². The first-order valence-electron chi connectivity index (χ1n) is 13.7. The molecule has 210 valence electrons. The Labute approximate surface area is 242 Å². The van der Waals surface area contributed by atoms with Crippen molar-refractivity contribution in [2.75, 3.05) is 25.0 Å². The predicted molar refractivity (Wildman–Crippen MR) is 166 cm³/mol. The zero-order chi connectivity index (χ0) is 28.4. The maximum atomic E-state index is 11.7. The molecule has 1 saturated carbocycles. The summed E-state index contributed by atoms with van der Waals surface area (Å²) in [6.45, 7) is 12.2. The van der Waals surface area contributed by atoms with Crippen LogP contribution in [0.5, 0.6) is 11.5 Å². The number of thiocarbonyl (C=S) groups is 1. The first-order chi connectivity index (χ1) is 18.7. The number of nitrogens with one attached hydrogen (secondary N) is 2. The molecule has 1 aliphatic rings. The predicted octanol–water partition coefficient (Wildman–Crippen LogP) is 7.06. The Hall–Kier alpha value is -2.94. The Morgan fingerprint density at radius 3 is 2.51 bits per heavy atom. The number of aryl methyl sites for hydroxylation is 1. The average Bonchev–Trinajstić information content (AvgIpc) is 3.72. The van der Waals surface area contributed by atoms with Gasteiger partial charge < -0.3 is 26.0 Å². The van der Waals surface area contributed by atoms with Gasteiger partial charge in [-0.1, -0.05) is 45.2 Å². The van der Waals surface area contributed by atoms with Gasteiger partial charge >= 0.3 is 0 Å². The van der Waals surface area contributed by atoms with Crippen LogP contribution >= 0.6 is 23.8 Å². The number of nitrogens with two attached hydrogens (primary N) is 1. The number of benzene rings is 2. The molecular weight excluding hydrogens is 530 g/mol. The molecule has 1 amide bonds. The van der Waals surface area contributed by atoms with E-state index in [0.717, 1.165) is 18.4 Å². The first kappa shape index (κ1) is 30.6. The Balaban J connectivity index is 0.000000360. The molecule has 0 spiro atoms. The van der Waals surface area contributed by atoms with Gasteiger partial charge in [0.25, 0.3) is 0 Å². The summed E-state index contributed by atoms with van der Waals surface area (Å²) in [5.41, 5.74) is 8.09. The Morgan fingerprint density at radius 2 is 1.90 bits per heavy atom. The normalized spacial score (nSPS) is 12.6. The Morgan fingerprint density at radius 1 is 1.15 bits per heavy atom. The smallest absolute Gasteiger partial charge is 0.248 e. The third-order valence-corrected chi connectivity index (χ3v) is 7.15. The van der Waals surface area contributed by atoms with E-state index < -0.39 is 5.91 Å². The van der Waals surface area contributed by atoms with Crippen LogP contribution < -0.4 is 21.1 Å². The largest absolute Gasteiger partial charge is 0.457 e. The third-order valence-electron chi connectivity index (χ3n) is 6.61. The van der Waals surface area contributed by atoms with Crippen LogP contribution in [0.3, 0.4) is 0 Å². The van der Waals surface area contributed by atoms with Gasteiger partial charge in [-0.25, -0.2) is 0 Å². The number of amides is 1. The van der Waals surface area contributed by atoms with E-state index in [9.17, 15) is 4.79 Å². The number of primary amides is 1. The molecule has 1 aromatic heterocycles. The lowest BCUT2D eigenvalue weighted by atomic mass is 10.0. The van der Waals surface area contributed by atoms with Gasteiger partial charge in [0, 0.05) is 29.3 Å². The zero-order valence-electron chi connectivity index (χ0n) is 23.4. The van der Waals surface area contributed by atoms with Crippen LogP contribution in [0, 0.1) is 6.92 Å². The summed E-state index contributed by atoms with van der Waals surface area (Å²) in [5, 5.41) is 8.04. The van der Waals surface area contributed by atoms with E-state index in [4.69, 9.17) is 34.3 Å². The fraction of sp³-hybridized carbons (Fsp3) is 0.433. The minimum Gasteiger partial charge on any atom is -0.457 e. The topological polar surface area (TPSA) is 92.5 Å². The van der Waals surface area contributed by atoms with Crippen LogP contribution in [-0.2, 0) is 0 Å². The van der Waals surface area contributed by atoms with E-state index in [1.54, 1.807) is 36.5 Å². The second-order valence-electron chi connectivity index (χ2n) is 9.71. The van der Waals surface area contributed by atoms with Crippen molar-refractivity contribution in [1.29, 1.82) is 0 Å². The fourth-order valence-corrected chi connectivity index (χ4v) is 4.61. The molecular formula is C30H40ClN5O2S. The molecule has 9 heteroatoms. The minimum atomic E-state index is -0.492. The number of rotatable bonds is 11. The first-order valence-corrected chi connectivity index (χ1v) is 14.5. The highest BCUT2D eigenvalue weighted by molar-refractivity contribution is 7.80. The summed E-state index contributed by atoms with van der Waals surface area (Å²) in [7, 11) is 0. The molecule has 0 unspecified atom stereocenters. The van der Waals surface area contributed by atoms with Crippen molar-refractivity contribution in [3.63, 3.8) is 0 Å². The molecule has 7 nitrogen and oxygen atoms in total. The van der Waals surface area contributed by atoms with Gasteiger partial charge in [-0.15, -0.1) is 0 Å². The number of fused-ring (bicyclic) bond motifs is 1. The van der Waals surface area contributed by atoms with E-state index in [1.165, 1.54) is 38.9 Å². The van der Waals surface area contributed by atoms with Crippen LogP contribution in [0.2, 0.25) is 5.02 Å². The van der Waals surface area contributed by atoms with Gasteiger partial charge in [0.2, 0.25) is 5.91 Å². The number of ether oxygens (including phenoxy) is 1. The molecule has 0 atom stereocenters. The van der Waals surface area contributed by atoms with E-state index in [2.05, 4.69) is 41.3 Å². The molecule has 0 bridgehead atoms. The van der Waals surface area contributed by atoms with Crippen molar-refractivity contribution in [1.82, 2.24) is 15.2 Å². The highest BCUT2D eigenvalue weighted by Crippen LogP contribution is 2.34. The Bertz CT molecular complexity index is 1280. The van der Waals surface area contributed by atoms with E-state index in [-0.39, 0.29) is 0 Å². The van der Waals surface area contributed by atoms with Gasteiger partial charge in [0.15, 0.2) is 5.11 Å². The Kier molecular flexibility index (Phi) is 11.8. The van der Waals surface area contributed by atoms with E-state index in [1.807, 2.05) is 13.0 Å². The fourth-order valence-electron chi connectivity index (χ4n) is 4.11. The van der Waals surface area contributed by atoms with Crippen molar-refractivity contribution in [2.45, 2.75) is 65.8 Å². The molecule has 0 aliphatic heterocycles. The number of carbonyl (C=O) groups excluding carboxylic acids is 1. The van der Waals surface area contributed by atoms with E-state index >= 15 is 0 Å². The lowest BCUT2D eigenvalue weighted by Gasteiger charge is -2.16. The molecule has 1 fully saturated rings. The van der Waals surface area contributed by atoms with Crippen LogP contribution in [0.15, 0.2) is 42.6 Å². The molecule has 1 heterocycles. The monoisotopic (exact) mass is 569 g/mol. The lowest BCUT2D eigenvalue weighted by molar-refractivity contribution is 0.1000. The number of halogens is 1. The maximum Gasteiger partial charge on any atom is 0.248 e.